The molecule has 0 spiro atoms. The van der Waals surface area contributed by atoms with Gasteiger partial charge in [-0.05, 0) is 70.6 Å². The van der Waals surface area contributed by atoms with E-state index in [1.807, 2.05) is 0 Å². The van der Waals surface area contributed by atoms with Crippen LogP contribution < -0.4 is 0 Å². The van der Waals surface area contributed by atoms with Gasteiger partial charge in [0.05, 0.1) is 0 Å². The lowest BCUT2D eigenvalue weighted by molar-refractivity contribution is -0.167. The molecule has 6 heteroatoms. The van der Waals surface area contributed by atoms with Crippen LogP contribution in [0.5, 0.6) is 0 Å². The Kier molecular flexibility index (Phi) is 59.7. The van der Waals surface area contributed by atoms with Crippen LogP contribution in [0.2, 0.25) is 0 Å². The molecule has 0 fully saturated rings. The fourth-order valence-corrected chi connectivity index (χ4v) is 9.21. The predicted octanol–water partition coefficient (Wildman–Crippen LogP) is 21.7. The molecular weight excluding hydrogens is 913 g/mol. The molecule has 1 unspecified atom stereocenters. The lowest BCUT2D eigenvalue weighted by atomic mass is 10.0. The summed E-state index contributed by atoms with van der Waals surface area (Å²) in [6.07, 6.45) is 80.4. The van der Waals surface area contributed by atoms with E-state index in [-0.39, 0.29) is 31.1 Å². The fraction of sp³-hybridized carbons (Fsp3) is 0.779. The maximum absolute atomic E-state index is 12.9. The molecule has 74 heavy (non-hydrogen) atoms. The molecule has 0 N–H and O–H groups in total. The third-order valence-electron chi connectivity index (χ3n) is 14.1. The number of unbranched alkanes of at least 4 members (excludes halogenated alkanes) is 39. The summed E-state index contributed by atoms with van der Waals surface area (Å²) in [5.74, 6) is -0.891. The zero-order valence-electron chi connectivity index (χ0n) is 49.1. The summed E-state index contributed by atoms with van der Waals surface area (Å²) in [6, 6.07) is 0. The van der Waals surface area contributed by atoms with Gasteiger partial charge in [0.2, 0.25) is 0 Å². The molecule has 0 heterocycles. The smallest absolute Gasteiger partial charge is 0.306 e. The van der Waals surface area contributed by atoms with Crippen molar-refractivity contribution in [2.75, 3.05) is 13.2 Å². The van der Waals surface area contributed by atoms with Gasteiger partial charge < -0.3 is 14.2 Å². The molecule has 0 saturated heterocycles. The number of hydrogen-bond donors (Lipinski definition) is 0. The van der Waals surface area contributed by atoms with Crippen molar-refractivity contribution in [3.63, 3.8) is 0 Å². The van der Waals surface area contributed by atoms with Gasteiger partial charge in [0.25, 0.3) is 0 Å². The molecular formula is C68H120O6. The van der Waals surface area contributed by atoms with Gasteiger partial charge in [-0.1, -0.05) is 306 Å². The zero-order valence-corrected chi connectivity index (χ0v) is 49.1. The first-order chi connectivity index (χ1) is 36.5. The molecule has 0 radical (unpaired) electrons. The third-order valence-corrected chi connectivity index (χ3v) is 14.1. The van der Waals surface area contributed by atoms with E-state index in [9.17, 15) is 14.4 Å². The van der Waals surface area contributed by atoms with E-state index in [0.717, 1.165) is 83.5 Å². The Morgan fingerprint density at radius 1 is 0.270 bits per heavy atom. The molecule has 0 aliphatic carbocycles. The van der Waals surface area contributed by atoms with Crippen LogP contribution in [0, 0.1) is 0 Å². The molecule has 1 atom stereocenters. The first-order valence-electron chi connectivity index (χ1n) is 32.0. The highest BCUT2D eigenvalue weighted by Gasteiger charge is 2.19. The summed E-state index contributed by atoms with van der Waals surface area (Å²) in [5.41, 5.74) is 0. The molecule has 0 rings (SSSR count). The standard InChI is InChI=1S/C68H120O6/c1-4-7-10-13-16-19-22-25-28-31-34-37-40-43-46-49-52-55-58-61-67(70)73-64-65(63-72-66(69)60-57-54-51-48-45-42-39-36-33-30-27-24-21-18-15-12-9-6-3)74-68(71)62-59-56-53-50-47-44-41-38-35-32-29-26-23-20-17-14-11-8-5-2/h16,18-19,21-22,24-25,27,30,33,36,39,65H,4-15,17,20,23,26,28-29,31-32,34-35,37-38,40-64H2,1-3H3/b19-16-,21-18-,25-22-,27-24-,33-30-,39-36-. The van der Waals surface area contributed by atoms with Crippen molar-refractivity contribution in [2.24, 2.45) is 0 Å². The molecule has 0 amide bonds. The van der Waals surface area contributed by atoms with Crippen LogP contribution in [0.15, 0.2) is 72.9 Å². The maximum Gasteiger partial charge on any atom is 0.306 e. The topological polar surface area (TPSA) is 78.9 Å². The second kappa shape index (κ2) is 62.4. The minimum Gasteiger partial charge on any atom is -0.462 e. The second-order valence-corrected chi connectivity index (χ2v) is 21.4. The number of esters is 3. The number of hydrogen-bond acceptors (Lipinski definition) is 6. The predicted molar refractivity (Wildman–Crippen MR) is 321 cm³/mol. The molecule has 0 aliphatic heterocycles. The summed E-state index contributed by atoms with van der Waals surface area (Å²) in [7, 11) is 0. The van der Waals surface area contributed by atoms with E-state index >= 15 is 0 Å². The Morgan fingerprint density at radius 2 is 0.486 bits per heavy atom. The van der Waals surface area contributed by atoms with Gasteiger partial charge in [0.15, 0.2) is 6.10 Å². The molecule has 0 saturated carbocycles. The second-order valence-electron chi connectivity index (χ2n) is 21.4. The van der Waals surface area contributed by atoms with Crippen LogP contribution in [0.25, 0.3) is 0 Å². The van der Waals surface area contributed by atoms with Gasteiger partial charge >= 0.3 is 17.9 Å². The number of allylic oxidation sites excluding steroid dienone is 12. The Morgan fingerprint density at radius 3 is 0.797 bits per heavy atom. The molecule has 428 valence electrons. The van der Waals surface area contributed by atoms with Gasteiger partial charge in [0, 0.05) is 19.3 Å². The molecule has 0 aromatic rings. The van der Waals surface area contributed by atoms with Crippen LogP contribution in [0.1, 0.15) is 323 Å². The quantitative estimate of drug-likeness (QED) is 0.0261. The Bertz CT molecular complexity index is 1370. The minimum atomic E-state index is -0.787. The summed E-state index contributed by atoms with van der Waals surface area (Å²) < 4.78 is 16.9. The summed E-state index contributed by atoms with van der Waals surface area (Å²) >= 11 is 0. The Balaban J connectivity index is 4.40. The highest BCUT2D eigenvalue weighted by atomic mass is 16.6. The third kappa shape index (κ3) is 59.7. The highest BCUT2D eigenvalue weighted by molar-refractivity contribution is 5.71. The lowest BCUT2D eigenvalue weighted by Gasteiger charge is -2.18. The van der Waals surface area contributed by atoms with Crippen molar-refractivity contribution in [2.45, 2.75) is 329 Å². The van der Waals surface area contributed by atoms with Crippen molar-refractivity contribution in [3.8, 4) is 0 Å². The number of ether oxygens (including phenoxy) is 3. The maximum atomic E-state index is 12.9. The molecule has 0 aliphatic rings. The van der Waals surface area contributed by atoms with Crippen LogP contribution in [0.4, 0.5) is 0 Å². The lowest BCUT2D eigenvalue weighted by Crippen LogP contribution is -2.30. The normalized spacial score (nSPS) is 12.5. The fourth-order valence-electron chi connectivity index (χ4n) is 9.21. The average Bonchev–Trinajstić information content (AvgIpc) is 3.40. The molecule has 0 aromatic carbocycles. The Hall–Kier alpha value is -3.15. The van der Waals surface area contributed by atoms with E-state index in [1.54, 1.807) is 0 Å². The summed E-state index contributed by atoms with van der Waals surface area (Å²) in [4.78, 5) is 38.3. The van der Waals surface area contributed by atoms with Crippen molar-refractivity contribution in [1.29, 1.82) is 0 Å². The monoisotopic (exact) mass is 1030 g/mol. The molecule has 6 nitrogen and oxygen atoms in total. The minimum absolute atomic E-state index is 0.0824. The van der Waals surface area contributed by atoms with E-state index in [1.165, 1.54) is 199 Å². The summed E-state index contributed by atoms with van der Waals surface area (Å²) in [5, 5.41) is 0. The average molecular weight is 1030 g/mol. The Labute approximate surface area is 459 Å². The van der Waals surface area contributed by atoms with Gasteiger partial charge in [-0.15, -0.1) is 0 Å². The van der Waals surface area contributed by atoms with Crippen LogP contribution >= 0.6 is 0 Å². The number of carbonyl (C=O) groups is 3. The number of carbonyl (C=O) groups excluding carboxylic acids is 3. The van der Waals surface area contributed by atoms with Crippen LogP contribution in [-0.4, -0.2) is 37.2 Å². The van der Waals surface area contributed by atoms with Crippen molar-refractivity contribution >= 4 is 17.9 Å². The number of rotatable bonds is 58. The summed E-state index contributed by atoms with van der Waals surface area (Å²) in [6.45, 7) is 6.60. The van der Waals surface area contributed by atoms with E-state index in [4.69, 9.17) is 14.2 Å². The van der Waals surface area contributed by atoms with Gasteiger partial charge in [0.1, 0.15) is 13.2 Å². The molecule has 0 bridgehead atoms. The van der Waals surface area contributed by atoms with Crippen molar-refractivity contribution < 1.29 is 28.6 Å². The van der Waals surface area contributed by atoms with Crippen LogP contribution in [-0.2, 0) is 28.6 Å². The van der Waals surface area contributed by atoms with Crippen molar-refractivity contribution in [3.05, 3.63) is 72.9 Å². The van der Waals surface area contributed by atoms with Gasteiger partial charge in [-0.3, -0.25) is 14.4 Å². The SMILES string of the molecule is CCCCC\C=C/C=C\C=C/C=C\CCCCCCCC(=O)OCC(COC(=O)CCCCCCCCCCCC/C=C\C=C/CCCCC)OC(=O)CCCCCCCCCCCCCCCCCCCCC. The first-order valence-corrected chi connectivity index (χ1v) is 32.0. The van der Waals surface area contributed by atoms with Gasteiger partial charge in [-0.25, -0.2) is 0 Å². The van der Waals surface area contributed by atoms with E-state index in [0.29, 0.717) is 19.3 Å². The first kappa shape index (κ1) is 70.8. The largest absolute Gasteiger partial charge is 0.462 e. The van der Waals surface area contributed by atoms with E-state index in [2.05, 4.69) is 93.7 Å². The zero-order chi connectivity index (χ0) is 53.6. The highest BCUT2D eigenvalue weighted by Crippen LogP contribution is 2.17. The van der Waals surface area contributed by atoms with Crippen molar-refractivity contribution in [1.82, 2.24) is 0 Å². The van der Waals surface area contributed by atoms with Crippen LogP contribution in [0.3, 0.4) is 0 Å². The van der Waals surface area contributed by atoms with Gasteiger partial charge in [-0.2, -0.15) is 0 Å². The molecule has 0 aromatic heterocycles. The van der Waals surface area contributed by atoms with E-state index < -0.39 is 6.10 Å².